The van der Waals surface area contributed by atoms with Crippen LogP contribution in [0.15, 0.2) is 28.7 Å². The van der Waals surface area contributed by atoms with Crippen LogP contribution in [0.4, 0.5) is 0 Å². The Labute approximate surface area is 110 Å². The molecular formula is C13H16BrNO2. The molecule has 0 spiro atoms. The maximum absolute atomic E-state index is 11.8. The number of likely N-dealkylation sites (tertiary alicyclic amines) is 1. The first-order chi connectivity index (χ1) is 7.96. The van der Waals surface area contributed by atoms with Crippen molar-refractivity contribution >= 4 is 21.8 Å². The molecule has 1 aromatic rings. The van der Waals surface area contributed by atoms with Gasteiger partial charge in [-0.1, -0.05) is 28.1 Å². The van der Waals surface area contributed by atoms with Gasteiger partial charge in [-0.2, -0.15) is 0 Å². The van der Waals surface area contributed by atoms with Crippen LogP contribution in [0.25, 0.3) is 0 Å². The summed E-state index contributed by atoms with van der Waals surface area (Å²) in [6, 6.07) is 7.99. The van der Waals surface area contributed by atoms with Crippen molar-refractivity contribution < 1.29 is 9.90 Å². The Balaban J connectivity index is 1.81. The molecule has 2 rings (SSSR count). The van der Waals surface area contributed by atoms with Crippen molar-refractivity contribution in [1.29, 1.82) is 0 Å². The number of carbonyl (C=O) groups excluding carboxylic acids is 1. The third-order valence-electron chi connectivity index (χ3n) is 2.93. The summed E-state index contributed by atoms with van der Waals surface area (Å²) in [5, 5.41) is 9.55. The molecular weight excluding hydrogens is 282 g/mol. The smallest absolute Gasteiger partial charge is 0.223 e. The van der Waals surface area contributed by atoms with E-state index in [1.165, 1.54) is 0 Å². The topological polar surface area (TPSA) is 40.5 Å². The zero-order valence-corrected chi connectivity index (χ0v) is 11.4. The molecule has 3 nitrogen and oxygen atoms in total. The summed E-state index contributed by atoms with van der Waals surface area (Å²) in [6.45, 7) is 2.68. The molecule has 0 aromatic heterocycles. The molecule has 1 amide bonds. The van der Waals surface area contributed by atoms with E-state index in [9.17, 15) is 9.90 Å². The van der Waals surface area contributed by atoms with E-state index in [-0.39, 0.29) is 5.91 Å². The normalized spacial score (nSPS) is 17.7. The minimum absolute atomic E-state index is 0.122. The second-order valence-electron chi connectivity index (χ2n) is 4.88. The quantitative estimate of drug-likeness (QED) is 0.927. The lowest BCUT2D eigenvalue weighted by atomic mass is 9.96. The van der Waals surface area contributed by atoms with Crippen LogP contribution in [-0.2, 0) is 11.2 Å². The second kappa shape index (κ2) is 4.78. The predicted octanol–water partition coefficient (Wildman–Crippen LogP) is 1.97. The molecule has 1 aromatic carbocycles. The van der Waals surface area contributed by atoms with Gasteiger partial charge in [-0.05, 0) is 31.0 Å². The van der Waals surface area contributed by atoms with E-state index in [2.05, 4.69) is 15.9 Å². The Kier molecular flexibility index (Phi) is 3.54. The lowest BCUT2D eigenvalue weighted by Crippen LogP contribution is -2.61. The highest BCUT2D eigenvalue weighted by Gasteiger charge is 2.38. The van der Waals surface area contributed by atoms with Crippen molar-refractivity contribution in [2.24, 2.45) is 0 Å². The maximum Gasteiger partial charge on any atom is 0.223 e. The summed E-state index contributed by atoms with van der Waals surface area (Å²) in [4.78, 5) is 13.5. The zero-order valence-electron chi connectivity index (χ0n) is 9.82. The van der Waals surface area contributed by atoms with Crippen LogP contribution in [0.3, 0.4) is 0 Å². The average Bonchev–Trinajstić information content (AvgIpc) is 2.22. The number of halogens is 1. The third kappa shape index (κ3) is 3.30. The largest absolute Gasteiger partial charge is 0.386 e. The molecule has 4 heteroatoms. The van der Waals surface area contributed by atoms with E-state index in [0.29, 0.717) is 19.5 Å². The van der Waals surface area contributed by atoms with Gasteiger partial charge in [-0.15, -0.1) is 0 Å². The van der Waals surface area contributed by atoms with E-state index >= 15 is 0 Å². The Morgan fingerprint density at radius 3 is 2.82 bits per heavy atom. The van der Waals surface area contributed by atoms with Gasteiger partial charge in [0.25, 0.3) is 0 Å². The van der Waals surface area contributed by atoms with E-state index in [4.69, 9.17) is 0 Å². The SMILES string of the molecule is CC1(O)CN(C(=O)CCc2cccc(Br)c2)C1. The van der Waals surface area contributed by atoms with Crippen molar-refractivity contribution in [3.63, 3.8) is 0 Å². The highest BCUT2D eigenvalue weighted by Crippen LogP contribution is 2.21. The molecule has 0 unspecified atom stereocenters. The summed E-state index contributed by atoms with van der Waals surface area (Å²) in [5.41, 5.74) is 0.478. The lowest BCUT2D eigenvalue weighted by molar-refractivity contribution is -0.152. The van der Waals surface area contributed by atoms with Crippen LogP contribution < -0.4 is 0 Å². The molecule has 1 aliphatic rings. The Morgan fingerprint density at radius 1 is 1.53 bits per heavy atom. The average molecular weight is 298 g/mol. The Hall–Kier alpha value is -0.870. The molecule has 1 aliphatic heterocycles. The van der Waals surface area contributed by atoms with E-state index < -0.39 is 5.60 Å². The molecule has 1 fully saturated rings. The first-order valence-electron chi connectivity index (χ1n) is 5.71. The van der Waals surface area contributed by atoms with Gasteiger partial charge in [0.2, 0.25) is 5.91 Å². The fourth-order valence-electron chi connectivity index (χ4n) is 2.05. The fraction of sp³-hybridized carbons (Fsp3) is 0.462. The molecule has 0 saturated carbocycles. The zero-order chi connectivity index (χ0) is 12.5. The maximum atomic E-state index is 11.8. The van der Waals surface area contributed by atoms with Gasteiger partial charge in [-0.3, -0.25) is 4.79 Å². The summed E-state index contributed by atoms with van der Waals surface area (Å²) in [7, 11) is 0. The number of amides is 1. The van der Waals surface area contributed by atoms with Crippen LogP contribution in [-0.4, -0.2) is 34.6 Å². The predicted molar refractivity (Wildman–Crippen MR) is 69.7 cm³/mol. The Bertz CT molecular complexity index is 423. The number of β-amino-alcohol motifs (C(OH)–C–C–N with tert-alkyl or cyclic N) is 1. The van der Waals surface area contributed by atoms with Gasteiger partial charge in [-0.25, -0.2) is 0 Å². The van der Waals surface area contributed by atoms with E-state index in [0.717, 1.165) is 16.5 Å². The highest BCUT2D eigenvalue weighted by molar-refractivity contribution is 9.10. The number of aryl methyl sites for hydroxylation is 1. The summed E-state index contributed by atoms with van der Waals surface area (Å²) in [5.74, 6) is 0.122. The van der Waals surface area contributed by atoms with Crippen LogP contribution >= 0.6 is 15.9 Å². The van der Waals surface area contributed by atoms with Crippen molar-refractivity contribution in [2.75, 3.05) is 13.1 Å². The Morgan fingerprint density at radius 2 is 2.24 bits per heavy atom. The van der Waals surface area contributed by atoms with Crippen LogP contribution in [0, 0.1) is 0 Å². The summed E-state index contributed by atoms with van der Waals surface area (Å²) < 4.78 is 1.04. The molecule has 0 aliphatic carbocycles. The number of hydrogen-bond donors (Lipinski definition) is 1. The van der Waals surface area contributed by atoms with Crippen molar-refractivity contribution in [2.45, 2.75) is 25.4 Å². The van der Waals surface area contributed by atoms with Crippen molar-refractivity contribution in [3.05, 3.63) is 34.3 Å². The van der Waals surface area contributed by atoms with Crippen LogP contribution in [0.5, 0.6) is 0 Å². The molecule has 0 radical (unpaired) electrons. The second-order valence-corrected chi connectivity index (χ2v) is 5.79. The first-order valence-corrected chi connectivity index (χ1v) is 6.50. The molecule has 0 atom stereocenters. The number of benzene rings is 1. The van der Waals surface area contributed by atoms with Gasteiger partial charge in [0.15, 0.2) is 0 Å². The van der Waals surface area contributed by atoms with E-state index in [1.807, 2.05) is 24.3 Å². The molecule has 17 heavy (non-hydrogen) atoms. The van der Waals surface area contributed by atoms with Crippen molar-refractivity contribution in [3.8, 4) is 0 Å². The summed E-state index contributed by atoms with van der Waals surface area (Å²) in [6.07, 6.45) is 1.25. The standard InChI is InChI=1S/C13H16BrNO2/c1-13(17)8-15(9-13)12(16)6-5-10-3-2-4-11(14)7-10/h2-4,7,17H,5-6,8-9H2,1H3. The van der Waals surface area contributed by atoms with Gasteiger partial charge < -0.3 is 10.0 Å². The minimum Gasteiger partial charge on any atom is -0.386 e. The third-order valence-corrected chi connectivity index (χ3v) is 3.43. The lowest BCUT2D eigenvalue weighted by Gasteiger charge is -2.44. The number of aliphatic hydroxyl groups is 1. The highest BCUT2D eigenvalue weighted by atomic mass is 79.9. The first kappa shape index (κ1) is 12.6. The fourth-order valence-corrected chi connectivity index (χ4v) is 2.50. The van der Waals surface area contributed by atoms with Gasteiger partial charge in [0.1, 0.15) is 0 Å². The molecule has 0 bridgehead atoms. The van der Waals surface area contributed by atoms with Gasteiger partial charge in [0, 0.05) is 10.9 Å². The number of carbonyl (C=O) groups is 1. The van der Waals surface area contributed by atoms with E-state index in [1.54, 1.807) is 11.8 Å². The minimum atomic E-state index is -0.675. The summed E-state index contributed by atoms with van der Waals surface area (Å²) >= 11 is 3.41. The molecule has 1 heterocycles. The molecule has 1 N–H and O–H groups in total. The molecule has 1 saturated heterocycles. The van der Waals surface area contributed by atoms with Crippen LogP contribution in [0.2, 0.25) is 0 Å². The number of rotatable bonds is 3. The van der Waals surface area contributed by atoms with Gasteiger partial charge >= 0.3 is 0 Å². The number of hydrogen-bond acceptors (Lipinski definition) is 2. The number of nitrogens with zero attached hydrogens (tertiary/aromatic N) is 1. The molecule has 92 valence electrons. The van der Waals surface area contributed by atoms with Crippen LogP contribution in [0.1, 0.15) is 18.9 Å². The monoisotopic (exact) mass is 297 g/mol. The van der Waals surface area contributed by atoms with Crippen molar-refractivity contribution in [1.82, 2.24) is 4.90 Å². The van der Waals surface area contributed by atoms with Gasteiger partial charge in [0.05, 0.1) is 18.7 Å².